The van der Waals surface area contributed by atoms with Gasteiger partial charge in [-0.25, -0.2) is 4.79 Å². The van der Waals surface area contributed by atoms with Crippen LogP contribution in [0.3, 0.4) is 0 Å². The predicted molar refractivity (Wildman–Crippen MR) is 133 cm³/mol. The molecule has 1 atom stereocenters. The van der Waals surface area contributed by atoms with Crippen molar-refractivity contribution < 1.29 is 24.2 Å². The highest BCUT2D eigenvalue weighted by Crippen LogP contribution is 2.39. The summed E-state index contributed by atoms with van der Waals surface area (Å²) >= 11 is 12.8. The Labute approximate surface area is 214 Å². The van der Waals surface area contributed by atoms with E-state index in [0.29, 0.717) is 43.0 Å². The quantitative estimate of drug-likeness (QED) is 0.461. The smallest absolute Gasteiger partial charge is 0.404 e. The number of carbonyl (C=O) groups is 2. The van der Waals surface area contributed by atoms with Gasteiger partial charge < -0.3 is 29.7 Å². The second-order valence-electron chi connectivity index (χ2n) is 8.80. The average molecular weight is 522 g/mol. The Morgan fingerprint density at radius 2 is 1.89 bits per heavy atom. The normalized spacial score (nSPS) is 17.4. The third kappa shape index (κ3) is 6.26. The predicted octanol–water partition coefficient (Wildman–Crippen LogP) is 3.83. The first kappa shape index (κ1) is 25.7. The summed E-state index contributed by atoms with van der Waals surface area (Å²) in [5.41, 5.74) is 5.04. The SMILES string of the molecule is CN1Cc2c(Cl)cc(Cl)cc2C(c2ccc3c(c2)C(=O)N(CCOCCOCCNC(=O)O)C3)C1. The van der Waals surface area contributed by atoms with Gasteiger partial charge in [0.25, 0.3) is 5.91 Å². The van der Waals surface area contributed by atoms with Crippen molar-refractivity contribution in [3.8, 4) is 0 Å². The largest absolute Gasteiger partial charge is 0.465 e. The van der Waals surface area contributed by atoms with E-state index in [0.717, 1.165) is 40.9 Å². The lowest BCUT2D eigenvalue weighted by atomic mass is 9.84. The van der Waals surface area contributed by atoms with E-state index in [1.807, 2.05) is 18.2 Å². The van der Waals surface area contributed by atoms with E-state index in [-0.39, 0.29) is 25.0 Å². The summed E-state index contributed by atoms with van der Waals surface area (Å²) in [5, 5.41) is 12.0. The summed E-state index contributed by atoms with van der Waals surface area (Å²) < 4.78 is 10.9. The third-order valence-electron chi connectivity index (χ3n) is 6.31. The number of likely N-dealkylation sites (N-methyl/N-ethyl adjacent to an activating group) is 1. The van der Waals surface area contributed by atoms with Crippen LogP contribution in [0.5, 0.6) is 0 Å². The number of hydrogen-bond acceptors (Lipinski definition) is 5. The minimum Gasteiger partial charge on any atom is -0.465 e. The lowest BCUT2D eigenvalue weighted by Gasteiger charge is -2.33. The number of nitrogens with one attached hydrogen (secondary N) is 1. The fourth-order valence-corrected chi connectivity index (χ4v) is 5.20. The van der Waals surface area contributed by atoms with Gasteiger partial charge >= 0.3 is 6.09 Å². The Kier molecular flexibility index (Phi) is 8.51. The molecule has 0 aromatic heterocycles. The molecule has 2 aromatic rings. The zero-order valence-electron chi connectivity index (χ0n) is 19.6. The number of fused-ring (bicyclic) bond motifs is 2. The van der Waals surface area contributed by atoms with Crippen LogP contribution in [0.2, 0.25) is 10.0 Å². The van der Waals surface area contributed by atoms with Crippen molar-refractivity contribution in [1.82, 2.24) is 15.1 Å². The zero-order valence-corrected chi connectivity index (χ0v) is 21.1. The highest BCUT2D eigenvalue weighted by atomic mass is 35.5. The molecule has 35 heavy (non-hydrogen) atoms. The summed E-state index contributed by atoms with van der Waals surface area (Å²) in [6, 6.07) is 9.94. The van der Waals surface area contributed by atoms with Crippen molar-refractivity contribution in [1.29, 1.82) is 0 Å². The molecule has 188 valence electrons. The number of benzene rings is 2. The molecule has 0 aliphatic carbocycles. The van der Waals surface area contributed by atoms with E-state index in [1.165, 1.54) is 0 Å². The van der Waals surface area contributed by atoms with Crippen LogP contribution in [-0.4, -0.2) is 80.0 Å². The van der Waals surface area contributed by atoms with Crippen LogP contribution >= 0.6 is 23.2 Å². The van der Waals surface area contributed by atoms with Crippen LogP contribution < -0.4 is 5.32 Å². The molecule has 2 aliphatic rings. The summed E-state index contributed by atoms with van der Waals surface area (Å²) in [5.74, 6) is 0.0936. The Bertz CT molecular complexity index is 1100. The number of carboxylic acid groups (broad SMARTS) is 1. The molecular weight excluding hydrogens is 493 g/mol. The Morgan fingerprint density at radius 1 is 1.11 bits per heavy atom. The minimum atomic E-state index is -1.07. The molecule has 2 amide bonds. The first-order valence-electron chi connectivity index (χ1n) is 11.5. The van der Waals surface area contributed by atoms with E-state index in [9.17, 15) is 9.59 Å². The average Bonchev–Trinajstić information content (AvgIpc) is 3.12. The molecule has 0 saturated carbocycles. The van der Waals surface area contributed by atoms with Gasteiger partial charge in [-0.05, 0) is 47.5 Å². The molecule has 2 heterocycles. The van der Waals surface area contributed by atoms with Crippen LogP contribution in [0.1, 0.15) is 38.5 Å². The van der Waals surface area contributed by atoms with Crippen LogP contribution in [0.25, 0.3) is 0 Å². The van der Waals surface area contributed by atoms with E-state index < -0.39 is 6.09 Å². The topological polar surface area (TPSA) is 91.3 Å². The van der Waals surface area contributed by atoms with Gasteiger partial charge in [0, 0.05) is 54.3 Å². The molecule has 2 N–H and O–H groups in total. The summed E-state index contributed by atoms with van der Waals surface area (Å²) in [6.07, 6.45) is -1.07. The van der Waals surface area contributed by atoms with Crippen molar-refractivity contribution in [2.75, 3.05) is 53.1 Å². The van der Waals surface area contributed by atoms with Crippen molar-refractivity contribution >= 4 is 35.2 Å². The molecule has 0 saturated heterocycles. The molecule has 2 aromatic carbocycles. The van der Waals surface area contributed by atoms with Gasteiger partial charge in [0.1, 0.15) is 0 Å². The van der Waals surface area contributed by atoms with Crippen LogP contribution in [-0.2, 0) is 22.6 Å². The van der Waals surface area contributed by atoms with E-state index in [4.69, 9.17) is 37.8 Å². The fraction of sp³-hybridized carbons (Fsp3) is 0.440. The number of carbonyl (C=O) groups excluding carboxylic acids is 1. The Balaban J connectivity index is 1.33. The van der Waals surface area contributed by atoms with Gasteiger partial charge in [-0.3, -0.25) is 4.79 Å². The maximum atomic E-state index is 13.1. The van der Waals surface area contributed by atoms with Crippen molar-refractivity contribution in [2.45, 2.75) is 19.0 Å². The van der Waals surface area contributed by atoms with Crippen LogP contribution in [0.15, 0.2) is 30.3 Å². The molecule has 2 aliphatic heterocycles. The minimum absolute atomic E-state index is 0.00922. The van der Waals surface area contributed by atoms with E-state index in [1.54, 1.807) is 11.0 Å². The highest BCUT2D eigenvalue weighted by molar-refractivity contribution is 6.35. The standard InChI is InChI=1S/C25H29Cl2N3O5/c1-29-14-21(20-11-18(26)12-23(27)22(20)15-29)16-2-3-17-13-30(24(31)19(17)10-16)5-7-35-9-8-34-6-4-28-25(32)33/h2-3,10-12,21,28H,4-9,13-15H2,1H3,(H,32,33). The molecule has 8 nitrogen and oxygen atoms in total. The summed E-state index contributed by atoms with van der Waals surface area (Å²) in [6.45, 7) is 4.32. The fourth-order valence-electron chi connectivity index (χ4n) is 4.63. The Hall–Kier alpha value is -2.36. The number of amides is 2. The van der Waals surface area contributed by atoms with E-state index >= 15 is 0 Å². The first-order chi connectivity index (χ1) is 16.8. The van der Waals surface area contributed by atoms with Gasteiger partial charge in [0.15, 0.2) is 0 Å². The second kappa shape index (κ2) is 11.6. The monoisotopic (exact) mass is 521 g/mol. The molecule has 4 rings (SSSR count). The number of nitrogens with zero attached hydrogens (tertiary/aromatic N) is 2. The molecule has 0 fully saturated rings. The van der Waals surface area contributed by atoms with Gasteiger partial charge in [-0.1, -0.05) is 35.3 Å². The van der Waals surface area contributed by atoms with Gasteiger partial charge in [0.05, 0.1) is 26.4 Å². The first-order valence-corrected chi connectivity index (χ1v) is 12.3. The number of ether oxygens (including phenoxy) is 2. The van der Waals surface area contributed by atoms with Gasteiger partial charge in [0.2, 0.25) is 0 Å². The van der Waals surface area contributed by atoms with Gasteiger partial charge in [-0.2, -0.15) is 0 Å². The van der Waals surface area contributed by atoms with Crippen molar-refractivity contribution in [3.05, 3.63) is 68.2 Å². The molecule has 1 unspecified atom stereocenters. The second-order valence-corrected chi connectivity index (χ2v) is 9.65. The van der Waals surface area contributed by atoms with Crippen molar-refractivity contribution in [2.24, 2.45) is 0 Å². The number of halogens is 2. The number of rotatable bonds is 10. The summed E-state index contributed by atoms with van der Waals surface area (Å²) in [4.78, 5) is 27.5. The molecule has 0 radical (unpaired) electrons. The summed E-state index contributed by atoms with van der Waals surface area (Å²) in [7, 11) is 2.07. The lowest BCUT2D eigenvalue weighted by molar-refractivity contribution is 0.0374. The lowest BCUT2D eigenvalue weighted by Crippen LogP contribution is -2.31. The van der Waals surface area contributed by atoms with E-state index in [2.05, 4.69) is 23.3 Å². The Morgan fingerprint density at radius 3 is 2.66 bits per heavy atom. The molecule has 0 bridgehead atoms. The van der Waals surface area contributed by atoms with Crippen molar-refractivity contribution in [3.63, 3.8) is 0 Å². The zero-order chi connectivity index (χ0) is 24.9. The van der Waals surface area contributed by atoms with Gasteiger partial charge in [-0.15, -0.1) is 0 Å². The maximum Gasteiger partial charge on any atom is 0.404 e. The number of hydrogen-bond donors (Lipinski definition) is 2. The van der Waals surface area contributed by atoms with Crippen LogP contribution in [0, 0.1) is 0 Å². The molecular formula is C25H29Cl2N3O5. The molecule has 0 spiro atoms. The maximum absolute atomic E-state index is 13.1. The third-order valence-corrected chi connectivity index (χ3v) is 6.86. The highest BCUT2D eigenvalue weighted by Gasteiger charge is 2.31. The van der Waals surface area contributed by atoms with Crippen LogP contribution in [0.4, 0.5) is 4.79 Å². The molecule has 10 heteroatoms.